The zero-order valence-electron chi connectivity index (χ0n) is 17.2. The van der Waals surface area contributed by atoms with Gasteiger partial charge in [0.1, 0.15) is 23.0 Å². The molecule has 0 spiro atoms. The van der Waals surface area contributed by atoms with Crippen molar-refractivity contribution in [3.05, 3.63) is 75.5 Å². The third kappa shape index (κ3) is 5.27. The lowest BCUT2D eigenvalue weighted by atomic mass is 10.1. The summed E-state index contributed by atoms with van der Waals surface area (Å²) in [6.07, 6.45) is 1.35. The summed E-state index contributed by atoms with van der Waals surface area (Å²) in [6, 6.07) is 13.3. The van der Waals surface area contributed by atoms with Gasteiger partial charge in [0.2, 0.25) is 0 Å². The van der Waals surface area contributed by atoms with E-state index in [9.17, 15) is 14.9 Å². The number of aryl methyl sites for hydroxylation is 2. The van der Waals surface area contributed by atoms with Crippen molar-refractivity contribution in [1.29, 1.82) is 0 Å². The largest absolute Gasteiger partial charge is 0.496 e. The Labute approximate surface area is 178 Å². The van der Waals surface area contributed by atoms with Crippen molar-refractivity contribution < 1.29 is 23.6 Å². The normalized spacial score (nSPS) is 10.8. The summed E-state index contributed by atoms with van der Waals surface area (Å²) >= 11 is 0. The average Bonchev–Trinajstić information content (AvgIpc) is 3.21. The molecule has 0 unspecified atom stereocenters. The molecule has 0 aliphatic rings. The molecule has 160 valence electrons. The monoisotopic (exact) mass is 423 g/mol. The molecular formula is C22H21N3O6. The van der Waals surface area contributed by atoms with Crippen molar-refractivity contribution in [3.63, 3.8) is 0 Å². The van der Waals surface area contributed by atoms with Crippen molar-refractivity contribution in [2.75, 3.05) is 13.7 Å². The summed E-state index contributed by atoms with van der Waals surface area (Å²) in [5.74, 6) is 1.39. The van der Waals surface area contributed by atoms with Crippen LogP contribution in [0.25, 0.3) is 11.3 Å². The SMILES string of the molecule is COc1cc([N+](=O)[O-])ccc1-c1ccc(/C=N\NC(=O)COc2c(C)cccc2C)o1. The van der Waals surface area contributed by atoms with Crippen molar-refractivity contribution in [2.45, 2.75) is 13.8 Å². The number of carbonyl (C=O) groups excluding carboxylic acids is 1. The average molecular weight is 423 g/mol. The van der Waals surface area contributed by atoms with Crippen molar-refractivity contribution in [2.24, 2.45) is 5.10 Å². The Balaban J connectivity index is 1.61. The molecule has 0 atom stereocenters. The van der Waals surface area contributed by atoms with Gasteiger partial charge in [-0.25, -0.2) is 5.43 Å². The summed E-state index contributed by atoms with van der Waals surface area (Å²) in [6.45, 7) is 3.64. The molecule has 0 aliphatic heterocycles. The molecule has 0 bridgehead atoms. The van der Waals surface area contributed by atoms with Crippen LogP contribution >= 0.6 is 0 Å². The number of rotatable bonds is 8. The second-order valence-electron chi connectivity index (χ2n) is 6.65. The van der Waals surface area contributed by atoms with Gasteiger partial charge in [0, 0.05) is 6.07 Å². The van der Waals surface area contributed by atoms with Gasteiger partial charge in [-0.15, -0.1) is 0 Å². The standard InChI is InChI=1S/C22H21N3O6/c1-14-5-4-6-15(2)22(14)30-13-21(26)24-23-12-17-8-10-19(31-17)18-9-7-16(25(27)28)11-20(18)29-3/h4-12H,13H2,1-3H3,(H,24,26)/b23-12-. The van der Waals surface area contributed by atoms with Crippen LogP contribution in [0.4, 0.5) is 5.69 Å². The molecule has 1 heterocycles. The highest BCUT2D eigenvalue weighted by atomic mass is 16.6. The van der Waals surface area contributed by atoms with E-state index in [0.717, 1.165) is 11.1 Å². The number of amides is 1. The molecular weight excluding hydrogens is 402 g/mol. The van der Waals surface area contributed by atoms with Crippen LogP contribution in [0, 0.1) is 24.0 Å². The predicted molar refractivity (Wildman–Crippen MR) is 114 cm³/mol. The van der Waals surface area contributed by atoms with Crippen molar-refractivity contribution in [3.8, 4) is 22.8 Å². The van der Waals surface area contributed by atoms with Crippen LogP contribution in [0.1, 0.15) is 16.9 Å². The van der Waals surface area contributed by atoms with E-state index in [-0.39, 0.29) is 12.3 Å². The quantitative estimate of drug-likeness (QED) is 0.332. The molecule has 2 aromatic carbocycles. The van der Waals surface area contributed by atoms with Gasteiger partial charge in [-0.2, -0.15) is 5.10 Å². The van der Waals surface area contributed by atoms with Crippen LogP contribution in [-0.2, 0) is 4.79 Å². The van der Waals surface area contributed by atoms with E-state index >= 15 is 0 Å². The summed E-state index contributed by atoms with van der Waals surface area (Å²) in [5.41, 5.74) is 4.74. The number of ether oxygens (including phenoxy) is 2. The number of furan rings is 1. The highest BCUT2D eigenvalue weighted by molar-refractivity contribution is 5.82. The van der Waals surface area contributed by atoms with E-state index in [1.165, 1.54) is 25.5 Å². The Morgan fingerprint density at radius 1 is 1.19 bits per heavy atom. The van der Waals surface area contributed by atoms with E-state index in [1.807, 2.05) is 32.0 Å². The summed E-state index contributed by atoms with van der Waals surface area (Å²) in [5, 5.41) is 14.8. The number of hydrazone groups is 1. The number of hydrogen-bond donors (Lipinski definition) is 1. The number of non-ortho nitro benzene ring substituents is 1. The van der Waals surface area contributed by atoms with Gasteiger partial charge in [0.15, 0.2) is 6.61 Å². The van der Waals surface area contributed by atoms with E-state index in [1.54, 1.807) is 18.2 Å². The van der Waals surface area contributed by atoms with Gasteiger partial charge < -0.3 is 13.9 Å². The number of nitrogens with one attached hydrogen (secondary N) is 1. The molecule has 31 heavy (non-hydrogen) atoms. The highest BCUT2D eigenvalue weighted by Crippen LogP contribution is 2.34. The van der Waals surface area contributed by atoms with Crippen LogP contribution in [0.15, 0.2) is 58.0 Å². The first kappa shape index (κ1) is 21.6. The molecule has 0 saturated carbocycles. The van der Waals surface area contributed by atoms with Crippen LogP contribution in [0.2, 0.25) is 0 Å². The van der Waals surface area contributed by atoms with E-state index in [0.29, 0.717) is 28.6 Å². The number of methoxy groups -OCH3 is 1. The molecule has 9 heteroatoms. The minimum atomic E-state index is -0.501. The number of para-hydroxylation sites is 1. The first-order valence-electron chi connectivity index (χ1n) is 9.32. The predicted octanol–water partition coefficient (Wildman–Crippen LogP) is 4.01. The molecule has 1 amide bonds. The number of nitrogens with zero attached hydrogens (tertiary/aromatic N) is 2. The number of hydrogen-bond acceptors (Lipinski definition) is 7. The number of nitro benzene ring substituents is 1. The minimum absolute atomic E-state index is 0.0836. The van der Waals surface area contributed by atoms with Gasteiger partial charge in [0.25, 0.3) is 11.6 Å². The fourth-order valence-electron chi connectivity index (χ4n) is 2.93. The Bertz CT molecular complexity index is 1120. The first-order valence-corrected chi connectivity index (χ1v) is 9.32. The maximum Gasteiger partial charge on any atom is 0.277 e. The maximum absolute atomic E-state index is 12.0. The minimum Gasteiger partial charge on any atom is -0.496 e. The van der Waals surface area contributed by atoms with Gasteiger partial charge in [-0.3, -0.25) is 14.9 Å². The van der Waals surface area contributed by atoms with Crippen molar-refractivity contribution >= 4 is 17.8 Å². The number of nitro groups is 1. The molecule has 0 saturated heterocycles. The van der Waals surface area contributed by atoms with Gasteiger partial charge >= 0.3 is 0 Å². The van der Waals surface area contributed by atoms with E-state index < -0.39 is 10.8 Å². The first-order chi connectivity index (χ1) is 14.9. The smallest absolute Gasteiger partial charge is 0.277 e. The molecule has 1 N–H and O–H groups in total. The molecule has 0 aliphatic carbocycles. The topological polar surface area (TPSA) is 116 Å². The fraction of sp³-hybridized carbons (Fsp3) is 0.182. The van der Waals surface area contributed by atoms with Crippen molar-refractivity contribution in [1.82, 2.24) is 5.43 Å². The van der Waals surface area contributed by atoms with E-state index in [4.69, 9.17) is 13.9 Å². The van der Waals surface area contributed by atoms with Crippen LogP contribution < -0.4 is 14.9 Å². The third-order valence-electron chi connectivity index (χ3n) is 4.43. The highest BCUT2D eigenvalue weighted by Gasteiger charge is 2.15. The third-order valence-corrected chi connectivity index (χ3v) is 4.43. The Morgan fingerprint density at radius 2 is 1.94 bits per heavy atom. The molecule has 9 nitrogen and oxygen atoms in total. The van der Waals surface area contributed by atoms with Crippen LogP contribution in [0.3, 0.4) is 0 Å². The molecule has 0 radical (unpaired) electrons. The lowest BCUT2D eigenvalue weighted by Crippen LogP contribution is -2.24. The van der Waals surface area contributed by atoms with Gasteiger partial charge in [0.05, 0.1) is 29.9 Å². The van der Waals surface area contributed by atoms with E-state index in [2.05, 4.69) is 10.5 Å². The zero-order valence-corrected chi connectivity index (χ0v) is 17.2. The second kappa shape index (κ2) is 9.57. The summed E-state index contributed by atoms with van der Waals surface area (Å²) in [7, 11) is 1.42. The molecule has 3 rings (SSSR count). The lowest BCUT2D eigenvalue weighted by molar-refractivity contribution is -0.384. The Kier molecular flexibility index (Phi) is 6.66. The zero-order chi connectivity index (χ0) is 22.4. The fourth-order valence-corrected chi connectivity index (χ4v) is 2.93. The molecule has 0 fully saturated rings. The molecule has 1 aromatic heterocycles. The Hall–Kier alpha value is -4.14. The maximum atomic E-state index is 12.0. The van der Waals surface area contributed by atoms with Gasteiger partial charge in [-0.1, -0.05) is 18.2 Å². The summed E-state index contributed by atoms with van der Waals surface area (Å²) in [4.78, 5) is 22.4. The van der Waals surface area contributed by atoms with Crippen LogP contribution in [0.5, 0.6) is 11.5 Å². The molecule has 3 aromatic rings. The summed E-state index contributed by atoms with van der Waals surface area (Å²) < 4.78 is 16.5. The lowest BCUT2D eigenvalue weighted by Gasteiger charge is -2.10. The second-order valence-corrected chi connectivity index (χ2v) is 6.65. The van der Waals surface area contributed by atoms with Gasteiger partial charge in [-0.05, 0) is 43.2 Å². The Morgan fingerprint density at radius 3 is 2.61 bits per heavy atom. The number of benzene rings is 2. The van der Waals surface area contributed by atoms with Crippen LogP contribution in [-0.4, -0.2) is 30.8 Å². The number of carbonyl (C=O) groups is 1.